The van der Waals surface area contributed by atoms with Gasteiger partial charge in [-0.3, -0.25) is 0 Å². The smallest absolute Gasteiger partial charge is 0.242 e. The van der Waals surface area contributed by atoms with Crippen molar-refractivity contribution in [2.24, 2.45) is 0 Å². The highest BCUT2D eigenvalue weighted by molar-refractivity contribution is 7.90. The van der Waals surface area contributed by atoms with Crippen LogP contribution in [0.1, 0.15) is 0 Å². The van der Waals surface area contributed by atoms with Gasteiger partial charge in [-0.1, -0.05) is 11.6 Å². The number of rotatable bonds is 6. The van der Waals surface area contributed by atoms with E-state index in [9.17, 15) is 16.8 Å². The Morgan fingerprint density at radius 3 is 2.53 bits per heavy atom. The van der Waals surface area contributed by atoms with Gasteiger partial charge in [-0.05, 0) is 13.1 Å². The number of pyridine rings is 1. The van der Waals surface area contributed by atoms with Crippen LogP contribution in [-0.2, 0) is 20.0 Å². The molecule has 0 aliphatic rings. The lowest BCUT2D eigenvalue weighted by Gasteiger charge is -2.07. The maximum atomic E-state index is 11.8. The van der Waals surface area contributed by atoms with Crippen molar-refractivity contribution in [3.05, 3.63) is 17.3 Å². The Bertz CT molecular complexity index is 659. The summed E-state index contributed by atoms with van der Waals surface area (Å²) in [5, 5.41) is 0.00530. The minimum absolute atomic E-state index is 0.00530. The summed E-state index contributed by atoms with van der Waals surface area (Å²) in [6.07, 6.45) is 1.04. The van der Waals surface area contributed by atoms with Gasteiger partial charge in [0.15, 0.2) is 0 Å². The minimum atomic E-state index is -3.87. The van der Waals surface area contributed by atoms with Crippen LogP contribution in [0.3, 0.4) is 0 Å². The summed E-state index contributed by atoms with van der Waals surface area (Å²) < 4.78 is 50.1. The second-order valence-corrected chi connectivity index (χ2v) is 7.68. The third-order valence-electron chi connectivity index (χ3n) is 2.13. The fourth-order valence-electron chi connectivity index (χ4n) is 1.07. The lowest BCUT2D eigenvalue weighted by molar-refractivity contribution is 0.578. The van der Waals surface area contributed by atoms with E-state index in [-0.39, 0.29) is 28.0 Å². The number of anilines is 1. The molecule has 8 nitrogen and oxygen atoms in total. The monoisotopic (exact) mass is 328 g/mol. The van der Waals surface area contributed by atoms with Crippen LogP contribution < -0.4 is 15.2 Å². The zero-order valence-electron chi connectivity index (χ0n) is 9.92. The Kier molecular flexibility index (Phi) is 5.10. The van der Waals surface area contributed by atoms with E-state index in [4.69, 9.17) is 17.3 Å². The third kappa shape index (κ3) is 4.58. The highest BCUT2D eigenvalue weighted by atomic mass is 35.5. The van der Waals surface area contributed by atoms with Gasteiger partial charge in [0.2, 0.25) is 20.0 Å². The molecule has 0 radical (unpaired) electrons. The SMILES string of the molecule is CNS(=O)(=O)CCNS(=O)(=O)c1cnc(N)c(Cl)c1. The molecule has 0 aliphatic carbocycles. The molecule has 11 heteroatoms. The summed E-state index contributed by atoms with van der Waals surface area (Å²) in [7, 11) is -6.11. The first-order chi connectivity index (χ1) is 8.68. The van der Waals surface area contributed by atoms with E-state index >= 15 is 0 Å². The molecule has 0 bridgehead atoms. The number of nitrogen functional groups attached to an aromatic ring is 1. The molecular weight excluding hydrogens is 316 g/mol. The normalized spacial score (nSPS) is 12.5. The molecule has 0 atom stereocenters. The number of hydrogen-bond acceptors (Lipinski definition) is 6. The van der Waals surface area contributed by atoms with Gasteiger partial charge in [0, 0.05) is 12.7 Å². The fraction of sp³-hybridized carbons (Fsp3) is 0.375. The maximum Gasteiger partial charge on any atom is 0.242 e. The van der Waals surface area contributed by atoms with Gasteiger partial charge in [0.25, 0.3) is 0 Å². The molecule has 1 aromatic rings. The highest BCUT2D eigenvalue weighted by Crippen LogP contribution is 2.19. The van der Waals surface area contributed by atoms with Crippen molar-refractivity contribution in [2.75, 3.05) is 25.1 Å². The van der Waals surface area contributed by atoms with Crippen LogP contribution in [-0.4, -0.2) is 41.2 Å². The van der Waals surface area contributed by atoms with Crippen molar-refractivity contribution < 1.29 is 16.8 Å². The lowest BCUT2D eigenvalue weighted by Crippen LogP contribution is -2.33. The van der Waals surface area contributed by atoms with Crippen LogP contribution in [0.15, 0.2) is 17.2 Å². The number of aromatic nitrogens is 1. The predicted molar refractivity (Wildman–Crippen MR) is 71.7 cm³/mol. The van der Waals surface area contributed by atoms with Gasteiger partial charge >= 0.3 is 0 Å². The Balaban J connectivity index is 2.79. The van der Waals surface area contributed by atoms with E-state index in [1.165, 1.54) is 7.05 Å². The molecule has 0 aliphatic heterocycles. The molecule has 0 saturated carbocycles. The number of nitrogens with zero attached hydrogens (tertiary/aromatic N) is 1. The summed E-state index contributed by atoms with van der Waals surface area (Å²) in [5.74, 6) is -0.364. The zero-order valence-corrected chi connectivity index (χ0v) is 12.3. The third-order valence-corrected chi connectivity index (χ3v) is 5.22. The number of hydrogen-bond donors (Lipinski definition) is 3. The van der Waals surface area contributed by atoms with Crippen molar-refractivity contribution in [2.45, 2.75) is 4.90 Å². The molecule has 0 amide bonds. The molecule has 1 rings (SSSR count). The zero-order chi connectivity index (χ0) is 14.7. The standard InChI is InChI=1S/C8H13ClN4O4S2/c1-11-18(14,15)3-2-13-19(16,17)6-4-7(9)8(10)12-5-6/h4-5,11,13H,2-3H2,1H3,(H2,10,12). The van der Waals surface area contributed by atoms with Gasteiger partial charge in [-0.15, -0.1) is 0 Å². The van der Waals surface area contributed by atoms with E-state index < -0.39 is 20.0 Å². The van der Waals surface area contributed by atoms with E-state index in [0.29, 0.717) is 0 Å². The van der Waals surface area contributed by atoms with Crippen molar-refractivity contribution in [1.82, 2.24) is 14.4 Å². The van der Waals surface area contributed by atoms with Gasteiger partial charge in [-0.2, -0.15) is 0 Å². The van der Waals surface area contributed by atoms with E-state index in [1.807, 2.05) is 0 Å². The second-order valence-electron chi connectivity index (χ2n) is 3.46. The van der Waals surface area contributed by atoms with E-state index in [0.717, 1.165) is 12.3 Å². The van der Waals surface area contributed by atoms with Crippen LogP contribution in [0.5, 0.6) is 0 Å². The summed E-state index contributed by atoms with van der Waals surface area (Å²) in [4.78, 5) is 3.43. The van der Waals surface area contributed by atoms with Crippen molar-refractivity contribution in [3.8, 4) is 0 Å². The van der Waals surface area contributed by atoms with Crippen molar-refractivity contribution in [3.63, 3.8) is 0 Å². The Morgan fingerprint density at radius 1 is 1.37 bits per heavy atom. The first-order valence-corrected chi connectivity index (χ1v) is 8.51. The molecule has 0 saturated heterocycles. The van der Waals surface area contributed by atoms with E-state index in [2.05, 4.69) is 14.4 Å². The van der Waals surface area contributed by atoms with Crippen LogP contribution in [0.25, 0.3) is 0 Å². The van der Waals surface area contributed by atoms with Crippen LogP contribution in [0.2, 0.25) is 5.02 Å². The minimum Gasteiger partial charge on any atom is -0.382 e. The summed E-state index contributed by atoms with van der Waals surface area (Å²) in [5.41, 5.74) is 5.36. The average molecular weight is 329 g/mol. The van der Waals surface area contributed by atoms with Crippen LogP contribution in [0.4, 0.5) is 5.82 Å². The number of sulfonamides is 2. The predicted octanol–water partition coefficient (Wildman–Crippen LogP) is -0.855. The number of nitrogens with one attached hydrogen (secondary N) is 2. The van der Waals surface area contributed by atoms with Gasteiger partial charge in [-0.25, -0.2) is 31.3 Å². The molecule has 0 spiro atoms. The molecule has 0 fully saturated rings. The summed E-state index contributed by atoms with van der Waals surface area (Å²) in [6, 6.07) is 1.14. The first kappa shape index (κ1) is 16.1. The van der Waals surface area contributed by atoms with Gasteiger partial charge in [0.05, 0.1) is 10.8 Å². The number of halogens is 1. The topological polar surface area (TPSA) is 131 Å². The van der Waals surface area contributed by atoms with Crippen LogP contribution in [0, 0.1) is 0 Å². The maximum absolute atomic E-state index is 11.8. The molecule has 0 unspecified atom stereocenters. The molecule has 4 N–H and O–H groups in total. The molecule has 1 heterocycles. The molecule has 19 heavy (non-hydrogen) atoms. The molecule has 0 aromatic carbocycles. The fourth-order valence-corrected chi connectivity index (χ4v) is 3.01. The molecule has 108 valence electrons. The number of nitrogens with two attached hydrogens (primary N) is 1. The highest BCUT2D eigenvalue weighted by Gasteiger charge is 2.17. The molecule has 1 aromatic heterocycles. The average Bonchev–Trinajstić information content (AvgIpc) is 2.32. The van der Waals surface area contributed by atoms with Gasteiger partial charge < -0.3 is 5.73 Å². The summed E-state index contributed by atoms with van der Waals surface area (Å²) in [6.45, 7) is -0.270. The molecular formula is C8H13ClN4O4S2. The quantitative estimate of drug-likeness (QED) is 0.623. The summed E-state index contributed by atoms with van der Waals surface area (Å²) >= 11 is 5.66. The largest absolute Gasteiger partial charge is 0.382 e. The lowest BCUT2D eigenvalue weighted by atomic mass is 10.5. The second kappa shape index (κ2) is 6.01. The van der Waals surface area contributed by atoms with Crippen molar-refractivity contribution >= 4 is 37.5 Å². The van der Waals surface area contributed by atoms with Crippen LogP contribution >= 0.6 is 11.6 Å². The first-order valence-electron chi connectivity index (χ1n) is 5.00. The van der Waals surface area contributed by atoms with E-state index in [1.54, 1.807) is 0 Å². The Hall–Kier alpha value is -0.940. The van der Waals surface area contributed by atoms with Gasteiger partial charge in [0.1, 0.15) is 10.7 Å². The van der Waals surface area contributed by atoms with Crippen molar-refractivity contribution in [1.29, 1.82) is 0 Å². The Morgan fingerprint density at radius 2 is 2.00 bits per heavy atom. The Labute approximate surface area is 116 Å².